The molecular weight excluding hydrogens is 389 g/mol. The van der Waals surface area contributed by atoms with Gasteiger partial charge < -0.3 is 10.2 Å². The van der Waals surface area contributed by atoms with E-state index in [9.17, 15) is 9.18 Å². The van der Waals surface area contributed by atoms with E-state index >= 15 is 0 Å². The molecule has 1 aliphatic rings. The Kier molecular flexibility index (Phi) is 6.63. The van der Waals surface area contributed by atoms with Gasteiger partial charge in [0.05, 0.1) is 11.4 Å². The molecule has 31 heavy (non-hydrogen) atoms. The summed E-state index contributed by atoms with van der Waals surface area (Å²) >= 11 is 0. The van der Waals surface area contributed by atoms with Crippen LogP contribution in [0, 0.1) is 12.7 Å². The first-order chi connectivity index (χ1) is 15.1. The number of hydrogen-bond donors (Lipinski definition) is 1. The van der Waals surface area contributed by atoms with E-state index in [-0.39, 0.29) is 19.3 Å². The second-order valence-corrected chi connectivity index (χ2v) is 8.07. The van der Waals surface area contributed by atoms with Gasteiger partial charge in [-0.3, -0.25) is 4.90 Å². The van der Waals surface area contributed by atoms with Crippen LogP contribution in [-0.2, 0) is 6.42 Å². The van der Waals surface area contributed by atoms with Crippen molar-refractivity contribution in [1.82, 2.24) is 10.2 Å². The predicted molar refractivity (Wildman–Crippen MR) is 125 cm³/mol. The Hall–Kier alpha value is -3.18. The number of benzene rings is 3. The molecule has 4 nitrogen and oxygen atoms in total. The standard InChI is InChI=1S/C26H28FN3O.H2/c1-20-7-5-6-10-25(20)30(24-8-3-2-4-9-24)26(31)28-23-16-18-29(19-23)17-15-21-11-13-22(27)14-12-21;/h2-14,23H,15-19H2,1H3,(H,28,31);1H/t23-;/m0./s1. The summed E-state index contributed by atoms with van der Waals surface area (Å²) in [4.78, 5) is 17.4. The minimum absolute atomic E-state index is 0. The minimum Gasteiger partial charge on any atom is -0.333 e. The maximum atomic E-state index is 13.3. The third-order valence-corrected chi connectivity index (χ3v) is 5.80. The number of carbonyl (C=O) groups is 1. The van der Waals surface area contributed by atoms with Gasteiger partial charge in [0.25, 0.3) is 0 Å². The van der Waals surface area contributed by atoms with Gasteiger partial charge in [0.15, 0.2) is 0 Å². The van der Waals surface area contributed by atoms with E-state index in [1.807, 2.05) is 73.7 Å². The molecular formula is C26H30FN3O. The Labute approximate surface area is 184 Å². The number of para-hydroxylation sites is 2. The van der Waals surface area contributed by atoms with Gasteiger partial charge in [-0.2, -0.15) is 0 Å². The topological polar surface area (TPSA) is 35.6 Å². The highest BCUT2D eigenvalue weighted by Gasteiger charge is 2.27. The van der Waals surface area contributed by atoms with Crippen molar-refractivity contribution >= 4 is 17.4 Å². The second-order valence-electron chi connectivity index (χ2n) is 8.07. The Bertz CT molecular complexity index is 1010. The Balaban J connectivity index is 0.00000289. The monoisotopic (exact) mass is 419 g/mol. The van der Waals surface area contributed by atoms with Crippen molar-refractivity contribution in [3.8, 4) is 0 Å². The highest BCUT2D eigenvalue weighted by atomic mass is 19.1. The average molecular weight is 420 g/mol. The molecule has 0 aromatic heterocycles. The molecule has 0 bridgehead atoms. The fraction of sp³-hybridized carbons (Fsp3) is 0.269. The number of likely N-dealkylation sites (tertiary alicyclic amines) is 1. The van der Waals surface area contributed by atoms with Crippen LogP contribution in [0.5, 0.6) is 0 Å². The third kappa shape index (κ3) is 5.30. The highest BCUT2D eigenvalue weighted by Crippen LogP contribution is 2.28. The summed E-state index contributed by atoms with van der Waals surface area (Å²) in [5, 5.41) is 3.23. The van der Waals surface area contributed by atoms with Crippen LogP contribution in [0.1, 0.15) is 19.0 Å². The lowest BCUT2D eigenvalue weighted by atomic mass is 10.1. The van der Waals surface area contributed by atoms with E-state index in [1.165, 1.54) is 12.1 Å². The SMILES string of the molecule is Cc1ccccc1N(C(=O)N[C@H]1CCN(CCc2ccc(F)cc2)C1)c1ccccc1.[HH]. The molecule has 1 fully saturated rings. The van der Waals surface area contributed by atoms with E-state index in [2.05, 4.69) is 10.2 Å². The van der Waals surface area contributed by atoms with Crippen LogP contribution in [0.25, 0.3) is 0 Å². The van der Waals surface area contributed by atoms with Crippen molar-refractivity contribution < 1.29 is 10.6 Å². The molecule has 3 aromatic carbocycles. The van der Waals surface area contributed by atoms with Gasteiger partial charge in [0.2, 0.25) is 0 Å². The molecule has 0 radical (unpaired) electrons. The van der Waals surface area contributed by atoms with Crippen molar-refractivity contribution in [3.05, 3.63) is 95.8 Å². The van der Waals surface area contributed by atoms with Crippen LogP contribution in [0.2, 0.25) is 0 Å². The molecule has 1 heterocycles. The number of urea groups is 1. The predicted octanol–water partition coefficient (Wildman–Crippen LogP) is 5.54. The van der Waals surface area contributed by atoms with E-state index in [1.54, 1.807) is 4.90 Å². The fourth-order valence-corrected chi connectivity index (χ4v) is 4.09. The van der Waals surface area contributed by atoms with Gasteiger partial charge >= 0.3 is 6.03 Å². The van der Waals surface area contributed by atoms with Crippen LogP contribution in [0.4, 0.5) is 20.6 Å². The van der Waals surface area contributed by atoms with Gasteiger partial charge in [-0.05, 0) is 61.2 Å². The molecule has 3 aromatic rings. The average Bonchev–Trinajstić information content (AvgIpc) is 3.23. The van der Waals surface area contributed by atoms with Gasteiger partial charge in [0.1, 0.15) is 5.82 Å². The maximum absolute atomic E-state index is 13.3. The largest absolute Gasteiger partial charge is 0.333 e. The summed E-state index contributed by atoms with van der Waals surface area (Å²) in [5.74, 6) is -0.204. The van der Waals surface area contributed by atoms with Crippen LogP contribution in [0.15, 0.2) is 78.9 Å². The molecule has 1 aliphatic heterocycles. The molecule has 2 amide bonds. The quantitative estimate of drug-likeness (QED) is 0.569. The molecule has 5 heteroatoms. The Morgan fingerprint density at radius 1 is 1.06 bits per heavy atom. The van der Waals surface area contributed by atoms with Crippen molar-refractivity contribution in [1.29, 1.82) is 0 Å². The number of nitrogens with zero attached hydrogens (tertiary/aromatic N) is 2. The number of carbonyl (C=O) groups excluding carboxylic acids is 1. The molecule has 0 unspecified atom stereocenters. The molecule has 0 spiro atoms. The third-order valence-electron chi connectivity index (χ3n) is 5.80. The minimum atomic E-state index is -0.204. The lowest BCUT2D eigenvalue weighted by molar-refractivity contribution is 0.244. The first kappa shape index (κ1) is 21.1. The Morgan fingerprint density at radius 2 is 1.77 bits per heavy atom. The highest BCUT2D eigenvalue weighted by molar-refractivity contribution is 6.00. The summed E-state index contributed by atoms with van der Waals surface area (Å²) in [6.07, 6.45) is 1.80. The number of rotatable bonds is 6. The van der Waals surface area contributed by atoms with Gasteiger partial charge in [-0.1, -0.05) is 48.5 Å². The van der Waals surface area contributed by atoms with E-state index in [4.69, 9.17) is 0 Å². The van der Waals surface area contributed by atoms with Crippen LogP contribution >= 0.6 is 0 Å². The lowest BCUT2D eigenvalue weighted by Gasteiger charge is -2.27. The zero-order valence-corrected chi connectivity index (χ0v) is 17.8. The smallest absolute Gasteiger partial charge is 0.326 e. The zero-order chi connectivity index (χ0) is 21.6. The fourth-order valence-electron chi connectivity index (χ4n) is 4.09. The van der Waals surface area contributed by atoms with Gasteiger partial charge in [-0.25, -0.2) is 9.18 Å². The van der Waals surface area contributed by atoms with Crippen molar-refractivity contribution in [3.63, 3.8) is 0 Å². The number of nitrogens with one attached hydrogen (secondary N) is 1. The summed E-state index contributed by atoms with van der Waals surface area (Å²) < 4.78 is 13.1. The van der Waals surface area contributed by atoms with Crippen molar-refractivity contribution in [2.24, 2.45) is 0 Å². The molecule has 1 atom stereocenters. The second kappa shape index (κ2) is 9.75. The molecule has 162 valence electrons. The van der Waals surface area contributed by atoms with Gasteiger partial charge in [0, 0.05) is 27.1 Å². The first-order valence-electron chi connectivity index (χ1n) is 10.8. The first-order valence-corrected chi connectivity index (χ1v) is 10.8. The number of aryl methyl sites for hydroxylation is 1. The summed E-state index contributed by atoms with van der Waals surface area (Å²) in [5.41, 5.74) is 3.91. The number of amides is 2. The summed E-state index contributed by atoms with van der Waals surface area (Å²) in [6.45, 7) is 4.69. The van der Waals surface area contributed by atoms with Crippen molar-refractivity contribution in [2.75, 3.05) is 24.5 Å². The maximum Gasteiger partial charge on any atom is 0.326 e. The van der Waals surface area contributed by atoms with Crippen LogP contribution in [0.3, 0.4) is 0 Å². The number of halogens is 1. The lowest BCUT2D eigenvalue weighted by Crippen LogP contribution is -2.44. The molecule has 1 saturated heterocycles. The normalized spacial score (nSPS) is 16.3. The van der Waals surface area contributed by atoms with E-state index < -0.39 is 0 Å². The summed E-state index contributed by atoms with van der Waals surface area (Å²) in [7, 11) is 0. The molecule has 0 saturated carbocycles. The number of hydrogen-bond acceptors (Lipinski definition) is 2. The van der Waals surface area contributed by atoms with E-state index in [0.29, 0.717) is 0 Å². The van der Waals surface area contributed by atoms with Gasteiger partial charge in [-0.15, -0.1) is 0 Å². The Morgan fingerprint density at radius 3 is 2.52 bits per heavy atom. The van der Waals surface area contributed by atoms with Crippen LogP contribution in [-0.4, -0.2) is 36.6 Å². The molecule has 0 aliphatic carbocycles. The van der Waals surface area contributed by atoms with E-state index in [0.717, 1.165) is 55.0 Å². The van der Waals surface area contributed by atoms with Crippen LogP contribution < -0.4 is 10.2 Å². The zero-order valence-electron chi connectivity index (χ0n) is 17.8. The number of anilines is 2. The molecule has 4 rings (SSSR count). The van der Waals surface area contributed by atoms with Crippen molar-refractivity contribution in [2.45, 2.75) is 25.8 Å². The summed E-state index contributed by atoms with van der Waals surface area (Å²) in [6, 6.07) is 24.4. The molecule has 1 N–H and O–H groups in total.